The van der Waals surface area contributed by atoms with Gasteiger partial charge in [-0.2, -0.15) is 5.10 Å². The first-order chi connectivity index (χ1) is 13.9. The van der Waals surface area contributed by atoms with Crippen molar-refractivity contribution in [3.63, 3.8) is 0 Å². The van der Waals surface area contributed by atoms with E-state index >= 15 is 0 Å². The van der Waals surface area contributed by atoms with Crippen molar-refractivity contribution in [2.24, 2.45) is 0 Å². The van der Waals surface area contributed by atoms with Gasteiger partial charge in [0, 0.05) is 5.69 Å². The Balaban J connectivity index is 1.62. The van der Waals surface area contributed by atoms with Crippen molar-refractivity contribution in [3.8, 4) is 5.69 Å². The molecule has 2 aromatic heterocycles. The highest BCUT2D eigenvalue weighted by atomic mass is 16.2. The summed E-state index contributed by atoms with van der Waals surface area (Å²) in [6.07, 6.45) is 2.89. The Hall–Kier alpha value is -3.74. The van der Waals surface area contributed by atoms with Gasteiger partial charge < -0.3 is 5.32 Å². The molecule has 0 saturated carbocycles. The van der Waals surface area contributed by atoms with E-state index in [2.05, 4.69) is 21.5 Å². The predicted octanol–water partition coefficient (Wildman–Crippen LogP) is 3.15. The highest BCUT2D eigenvalue weighted by Crippen LogP contribution is 2.17. The Labute approximate surface area is 167 Å². The Bertz CT molecular complexity index is 1250. The topological polar surface area (TPSA) is 81.8 Å². The minimum absolute atomic E-state index is 0.121. The molecule has 1 N–H and O–H groups in total. The smallest absolute Gasteiger partial charge is 0.264 e. The van der Waals surface area contributed by atoms with Crippen LogP contribution in [0.5, 0.6) is 0 Å². The Morgan fingerprint density at radius 1 is 1.00 bits per heavy atom. The van der Waals surface area contributed by atoms with Gasteiger partial charge in [-0.15, -0.1) is 0 Å². The lowest BCUT2D eigenvalue weighted by molar-refractivity contribution is -0.116. The van der Waals surface area contributed by atoms with Gasteiger partial charge in [0.25, 0.3) is 5.56 Å². The lowest BCUT2D eigenvalue weighted by Crippen LogP contribution is -2.27. The summed E-state index contributed by atoms with van der Waals surface area (Å²) < 4.78 is 2.94. The minimum Gasteiger partial charge on any atom is -0.325 e. The van der Waals surface area contributed by atoms with Crippen LogP contribution in [0, 0.1) is 20.8 Å². The Morgan fingerprint density at radius 2 is 1.69 bits per heavy atom. The fourth-order valence-electron chi connectivity index (χ4n) is 3.32. The molecule has 0 spiro atoms. The molecule has 0 aliphatic carbocycles. The van der Waals surface area contributed by atoms with Crippen molar-refractivity contribution in [1.82, 2.24) is 19.3 Å². The van der Waals surface area contributed by atoms with Crippen LogP contribution in [0.1, 0.15) is 16.7 Å². The fraction of sp³-hybridized carbons (Fsp3) is 0.182. The third kappa shape index (κ3) is 3.80. The molecular weight excluding hydrogens is 366 g/mol. The molecule has 7 heteroatoms. The zero-order valence-corrected chi connectivity index (χ0v) is 16.5. The molecule has 4 aromatic rings. The highest BCUT2D eigenvalue weighted by Gasteiger charge is 2.14. The van der Waals surface area contributed by atoms with Crippen LogP contribution in [0.25, 0.3) is 16.7 Å². The summed E-state index contributed by atoms with van der Waals surface area (Å²) in [5, 5.41) is 7.50. The van der Waals surface area contributed by atoms with E-state index in [9.17, 15) is 9.59 Å². The molecule has 2 aromatic carbocycles. The number of rotatable bonds is 4. The molecule has 0 radical (unpaired) electrons. The molecule has 7 nitrogen and oxygen atoms in total. The van der Waals surface area contributed by atoms with E-state index in [0.29, 0.717) is 16.7 Å². The molecule has 0 aliphatic heterocycles. The lowest BCUT2D eigenvalue weighted by atomic mass is 10.1. The van der Waals surface area contributed by atoms with Crippen molar-refractivity contribution in [1.29, 1.82) is 0 Å². The van der Waals surface area contributed by atoms with E-state index in [1.54, 1.807) is 4.68 Å². The first kappa shape index (κ1) is 18.6. The van der Waals surface area contributed by atoms with Crippen LogP contribution in [-0.4, -0.2) is 25.2 Å². The summed E-state index contributed by atoms with van der Waals surface area (Å²) >= 11 is 0. The van der Waals surface area contributed by atoms with Gasteiger partial charge in [-0.25, -0.2) is 9.67 Å². The van der Waals surface area contributed by atoms with Crippen LogP contribution >= 0.6 is 0 Å². The summed E-state index contributed by atoms with van der Waals surface area (Å²) in [6.45, 7) is 5.87. The molecule has 0 atom stereocenters. The number of carbonyl (C=O) groups is 1. The second kappa shape index (κ2) is 7.35. The number of aryl methyl sites for hydroxylation is 3. The van der Waals surface area contributed by atoms with Crippen LogP contribution in [0.15, 0.2) is 59.8 Å². The van der Waals surface area contributed by atoms with Gasteiger partial charge in [-0.05, 0) is 56.2 Å². The van der Waals surface area contributed by atoms with Crippen LogP contribution in [0.3, 0.4) is 0 Å². The number of aromatic nitrogens is 4. The molecule has 0 bridgehead atoms. The summed E-state index contributed by atoms with van der Waals surface area (Å²) in [6, 6.07) is 13.5. The van der Waals surface area contributed by atoms with Crippen LogP contribution in [0.4, 0.5) is 5.69 Å². The van der Waals surface area contributed by atoms with Gasteiger partial charge in [-0.1, -0.05) is 23.8 Å². The van der Waals surface area contributed by atoms with Gasteiger partial charge in [0.05, 0.1) is 11.9 Å². The maximum absolute atomic E-state index is 12.8. The number of nitrogens with one attached hydrogen (secondary N) is 1. The standard InChI is InChI=1S/C22H21N5O2/c1-14-4-6-17(7-5-14)25-20(28)12-26-13-23-21-19(22(26)29)11-24-27(21)18-9-15(2)8-16(3)10-18/h4-11,13H,12H2,1-3H3,(H,25,28). The third-order valence-corrected chi connectivity index (χ3v) is 4.65. The lowest BCUT2D eigenvalue weighted by Gasteiger charge is -2.08. The first-order valence-electron chi connectivity index (χ1n) is 9.29. The summed E-state index contributed by atoms with van der Waals surface area (Å²) in [5.74, 6) is -0.293. The van der Waals surface area contributed by atoms with Gasteiger partial charge in [0.2, 0.25) is 5.91 Å². The predicted molar refractivity (Wildman–Crippen MR) is 112 cm³/mol. The van der Waals surface area contributed by atoms with Gasteiger partial charge in [0.15, 0.2) is 5.65 Å². The van der Waals surface area contributed by atoms with E-state index in [1.165, 1.54) is 17.1 Å². The Kier molecular flexibility index (Phi) is 4.72. The molecule has 0 aliphatic rings. The average Bonchev–Trinajstić information content (AvgIpc) is 3.10. The van der Waals surface area contributed by atoms with Crippen molar-refractivity contribution < 1.29 is 4.79 Å². The van der Waals surface area contributed by atoms with Crippen molar-refractivity contribution in [2.75, 3.05) is 5.32 Å². The number of hydrogen-bond acceptors (Lipinski definition) is 4. The number of amides is 1. The average molecular weight is 387 g/mol. The zero-order chi connectivity index (χ0) is 20.5. The molecule has 29 heavy (non-hydrogen) atoms. The number of anilines is 1. The van der Waals surface area contributed by atoms with Gasteiger partial charge in [-0.3, -0.25) is 14.2 Å². The van der Waals surface area contributed by atoms with E-state index in [1.807, 2.05) is 57.2 Å². The van der Waals surface area contributed by atoms with Crippen molar-refractivity contribution >= 4 is 22.6 Å². The maximum Gasteiger partial charge on any atom is 0.264 e. The Morgan fingerprint density at radius 3 is 2.38 bits per heavy atom. The van der Waals surface area contributed by atoms with Gasteiger partial charge >= 0.3 is 0 Å². The van der Waals surface area contributed by atoms with Crippen molar-refractivity contribution in [3.05, 3.63) is 82.0 Å². The van der Waals surface area contributed by atoms with E-state index in [-0.39, 0.29) is 18.0 Å². The fourth-order valence-corrected chi connectivity index (χ4v) is 3.32. The number of hydrogen-bond donors (Lipinski definition) is 1. The van der Waals surface area contributed by atoms with Crippen molar-refractivity contribution in [2.45, 2.75) is 27.3 Å². The summed E-state index contributed by atoms with van der Waals surface area (Å²) in [7, 11) is 0. The summed E-state index contributed by atoms with van der Waals surface area (Å²) in [4.78, 5) is 29.6. The molecule has 0 saturated heterocycles. The number of carbonyl (C=O) groups excluding carboxylic acids is 1. The van der Waals surface area contributed by atoms with E-state index < -0.39 is 0 Å². The molecule has 0 fully saturated rings. The van der Waals surface area contributed by atoms with E-state index in [0.717, 1.165) is 22.4 Å². The van der Waals surface area contributed by atoms with Gasteiger partial charge in [0.1, 0.15) is 18.3 Å². The maximum atomic E-state index is 12.8. The van der Waals surface area contributed by atoms with E-state index in [4.69, 9.17) is 0 Å². The molecule has 146 valence electrons. The number of benzene rings is 2. The molecule has 2 heterocycles. The second-order valence-corrected chi connectivity index (χ2v) is 7.23. The quantitative estimate of drug-likeness (QED) is 0.583. The molecule has 1 amide bonds. The first-order valence-corrected chi connectivity index (χ1v) is 9.29. The number of fused-ring (bicyclic) bond motifs is 1. The monoisotopic (exact) mass is 387 g/mol. The zero-order valence-electron chi connectivity index (χ0n) is 16.5. The molecule has 0 unspecified atom stereocenters. The number of nitrogens with zero attached hydrogens (tertiary/aromatic N) is 4. The van der Waals surface area contributed by atoms with Crippen LogP contribution in [0.2, 0.25) is 0 Å². The highest BCUT2D eigenvalue weighted by molar-refractivity contribution is 5.90. The van der Waals surface area contributed by atoms with Crippen LogP contribution < -0.4 is 10.9 Å². The SMILES string of the molecule is Cc1ccc(NC(=O)Cn2cnc3c(cnn3-c3cc(C)cc(C)c3)c2=O)cc1. The minimum atomic E-state index is -0.301. The third-order valence-electron chi connectivity index (χ3n) is 4.65. The molecule has 4 rings (SSSR count). The normalized spacial score (nSPS) is 11.0. The molecular formula is C22H21N5O2. The summed E-state index contributed by atoms with van der Waals surface area (Å²) in [5.41, 5.74) is 5.01. The largest absolute Gasteiger partial charge is 0.325 e. The second-order valence-electron chi connectivity index (χ2n) is 7.23. The van der Waals surface area contributed by atoms with Crippen LogP contribution in [-0.2, 0) is 11.3 Å².